The second-order valence-electron chi connectivity index (χ2n) is 10.6. The van der Waals surface area contributed by atoms with Crippen molar-refractivity contribution in [3.63, 3.8) is 0 Å². The summed E-state index contributed by atoms with van der Waals surface area (Å²) in [7, 11) is 1.34. The van der Waals surface area contributed by atoms with Crippen LogP contribution in [0.5, 0.6) is 17.2 Å². The lowest BCUT2D eigenvalue weighted by atomic mass is 9.99. The van der Waals surface area contributed by atoms with Crippen molar-refractivity contribution >= 4 is 24.1 Å². The molecule has 2 saturated heterocycles. The third-order valence-corrected chi connectivity index (χ3v) is 7.41. The first-order chi connectivity index (χ1) is 22.4. The minimum Gasteiger partial charge on any atom is -0.508 e. The maximum atomic E-state index is 12.9. The van der Waals surface area contributed by atoms with Crippen LogP contribution in [-0.2, 0) is 33.3 Å². The van der Waals surface area contributed by atoms with Crippen LogP contribution < -0.4 is 4.74 Å². The summed E-state index contributed by atoms with van der Waals surface area (Å²) in [5, 5.41) is 81.2. The van der Waals surface area contributed by atoms with Crippen molar-refractivity contribution in [2.24, 2.45) is 0 Å². The minimum atomic E-state index is -2.49. The molecule has 0 aliphatic carbocycles. The van der Waals surface area contributed by atoms with Crippen LogP contribution in [0, 0.1) is 0 Å². The van der Waals surface area contributed by atoms with Crippen molar-refractivity contribution in [3.05, 3.63) is 65.7 Å². The summed E-state index contributed by atoms with van der Waals surface area (Å²) in [6.45, 7) is -2.58. The van der Waals surface area contributed by atoms with Gasteiger partial charge in [-0.25, -0.2) is 9.59 Å². The summed E-state index contributed by atoms with van der Waals surface area (Å²) in [5.41, 5.74) is 0.978. The van der Waals surface area contributed by atoms with Crippen LogP contribution in [0.4, 0.5) is 0 Å². The number of phenolic OH excluding ortho intramolecular Hbond substituents is 2. The van der Waals surface area contributed by atoms with Crippen molar-refractivity contribution in [2.45, 2.75) is 54.8 Å². The first-order valence-corrected chi connectivity index (χ1v) is 14.3. The predicted octanol–water partition coefficient (Wildman–Crippen LogP) is -1.45. The first kappa shape index (κ1) is 35.7. The molecule has 0 aromatic heterocycles. The van der Waals surface area contributed by atoms with Gasteiger partial charge in [0.05, 0.1) is 13.7 Å². The van der Waals surface area contributed by atoms with Gasteiger partial charge < -0.3 is 69.3 Å². The Bertz CT molecular complexity index is 1430. The molecule has 2 aliphatic rings. The zero-order valence-electron chi connectivity index (χ0n) is 24.9. The number of carbonyl (C=O) groups excluding carboxylic acids is 2. The van der Waals surface area contributed by atoms with E-state index in [-0.39, 0.29) is 17.2 Å². The summed E-state index contributed by atoms with van der Waals surface area (Å²) < 4.78 is 32.4. The molecule has 9 unspecified atom stereocenters. The van der Waals surface area contributed by atoms with E-state index in [1.54, 1.807) is 12.1 Å². The van der Waals surface area contributed by atoms with Crippen LogP contribution in [0.25, 0.3) is 12.2 Å². The largest absolute Gasteiger partial charge is 0.508 e. The topological polar surface area (TPSA) is 251 Å². The Labute approximate surface area is 267 Å². The Morgan fingerprint density at radius 3 is 2.17 bits per heavy atom. The number of rotatable bonds is 12. The van der Waals surface area contributed by atoms with Gasteiger partial charge in [-0.3, -0.25) is 0 Å². The molecule has 0 amide bonds. The maximum Gasteiger partial charge on any atom is 0.331 e. The van der Waals surface area contributed by atoms with Crippen molar-refractivity contribution in [1.82, 2.24) is 0 Å². The molecule has 0 radical (unpaired) electrons. The van der Waals surface area contributed by atoms with E-state index >= 15 is 0 Å². The Morgan fingerprint density at radius 1 is 0.851 bits per heavy atom. The molecule has 0 saturated carbocycles. The molecule has 16 nitrogen and oxygen atoms in total. The molecule has 2 heterocycles. The standard InChI is InChI=1S/C31H36O16/c1-42-20-12-17(4-9-19(20)35)6-11-24(37)45-29-26(39)22(14-43-23(36)10-5-16-2-7-18(34)8-3-16)46-31(29,15-33)47-30-28(41)27(40)25(38)21(13-32)44-30/h2-12,21-22,25-30,32-35,38-41H,13-15H2,1H3. The average Bonchev–Trinajstić information content (AvgIpc) is 3.32. The van der Waals surface area contributed by atoms with E-state index in [0.717, 1.165) is 12.2 Å². The van der Waals surface area contributed by atoms with E-state index in [1.165, 1.54) is 49.6 Å². The highest BCUT2D eigenvalue weighted by Crippen LogP contribution is 2.38. The third kappa shape index (κ3) is 8.44. The number of benzene rings is 2. The van der Waals surface area contributed by atoms with Crippen LogP contribution in [0.3, 0.4) is 0 Å². The minimum absolute atomic E-state index is 0.0294. The molecule has 4 rings (SSSR count). The molecule has 2 fully saturated rings. The molecule has 47 heavy (non-hydrogen) atoms. The number of ether oxygens (including phenoxy) is 6. The average molecular weight is 665 g/mol. The normalized spacial score (nSPS) is 30.9. The van der Waals surface area contributed by atoms with Crippen molar-refractivity contribution < 1.29 is 78.9 Å². The number of aliphatic hydroxyl groups is 6. The maximum absolute atomic E-state index is 12.9. The molecule has 0 spiro atoms. The number of hydrogen-bond acceptors (Lipinski definition) is 16. The molecule has 16 heteroatoms. The first-order valence-electron chi connectivity index (χ1n) is 14.3. The van der Waals surface area contributed by atoms with Gasteiger partial charge in [0, 0.05) is 12.2 Å². The predicted molar refractivity (Wildman–Crippen MR) is 157 cm³/mol. The fourth-order valence-electron chi connectivity index (χ4n) is 4.85. The molecule has 8 N–H and O–H groups in total. The molecule has 256 valence electrons. The summed E-state index contributed by atoms with van der Waals surface area (Å²) in [5.74, 6) is -4.42. The Kier molecular flexibility index (Phi) is 11.9. The van der Waals surface area contributed by atoms with Crippen LogP contribution in [0.2, 0.25) is 0 Å². The molecule has 2 aromatic rings. The van der Waals surface area contributed by atoms with Gasteiger partial charge in [0.15, 0.2) is 23.9 Å². The number of aliphatic hydroxyl groups excluding tert-OH is 6. The number of methoxy groups -OCH3 is 1. The molecule has 2 aromatic carbocycles. The number of carbonyl (C=O) groups is 2. The monoisotopic (exact) mass is 664 g/mol. The summed E-state index contributed by atoms with van der Waals surface area (Å²) in [6, 6.07) is 10.1. The van der Waals surface area contributed by atoms with Gasteiger partial charge in [-0.1, -0.05) is 18.2 Å². The second kappa shape index (κ2) is 15.7. The fraction of sp³-hybridized carbons (Fsp3) is 0.419. The third-order valence-electron chi connectivity index (χ3n) is 7.41. The van der Waals surface area contributed by atoms with E-state index in [9.17, 15) is 50.4 Å². The zero-order valence-corrected chi connectivity index (χ0v) is 24.9. The van der Waals surface area contributed by atoms with E-state index in [1.807, 2.05) is 0 Å². The number of esters is 2. The summed E-state index contributed by atoms with van der Waals surface area (Å²) >= 11 is 0. The van der Waals surface area contributed by atoms with Gasteiger partial charge in [-0.2, -0.15) is 0 Å². The number of phenols is 2. The van der Waals surface area contributed by atoms with Crippen molar-refractivity contribution in [1.29, 1.82) is 0 Å². The quantitative estimate of drug-likeness (QED) is 0.0955. The highest BCUT2D eigenvalue weighted by atomic mass is 16.8. The van der Waals surface area contributed by atoms with Gasteiger partial charge in [-0.15, -0.1) is 0 Å². The highest BCUT2D eigenvalue weighted by Gasteiger charge is 2.61. The van der Waals surface area contributed by atoms with E-state index in [2.05, 4.69) is 0 Å². The second-order valence-corrected chi connectivity index (χ2v) is 10.6. The van der Waals surface area contributed by atoms with Crippen molar-refractivity contribution in [2.75, 3.05) is 26.9 Å². The molecular weight excluding hydrogens is 628 g/mol. The Morgan fingerprint density at radius 2 is 1.51 bits per heavy atom. The van der Waals surface area contributed by atoms with Crippen LogP contribution >= 0.6 is 0 Å². The van der Waals surface area contributed by atoms with Gasteiger partial charge >= 0.3 is 11.9 Å². The van der Waals surface area contributed by atoms with E-state index in [4.69, 9.17) is 28.4 Å². The zero-order chi connectivity index (χ0) is 34.3. The van der Waals surface area contributed by atoms with Crippen molar-refractivity contribution in [3.8, 4) is 17.2 Å². The summed E-state index contributed by atoms with van der Waals surface area (Å²) in [6.07, 6.45) is -9.32. The smallest absolute Gasteiger partial charge is 0.331 e. The summed E-state index contributed by atoms with van der Waals surface area (Å²) in [4.78, 5) is 25.3. The fourth-order valence-corrected chi connectivity index (χ4v) is 4.85. The Balaban J connectivity index is 1.54. The molecule has 2 aliphatic heterocycles. The van der Waals surface area contributed by atoms with Gasteiger partial charge in [-0.05, 0) is 47.5 Å². The van der Waals surface area contributed by atoms with Crippen LogP contribution in [0.15, 0.2) is 54.6 Å². The van der Waals surface area contributed by atoms with Gasteiger partial charge in [0.25, 0.3) is 0 Å². The molecule has 0 bridgehead atoms. The van der Waals surface area contributed by atoms with E-state index in [0.29, 0.717) is 11.1 Å². The highest BCUT2D eigenvalue weighted by molar-refractivity contribution is 5.88. The van der Waals surface area contributed by atoms with E-state index < -0.39 is 86.6 Å². The SMILES string of the molecule is COc1cc(C=CC(=O)OC2C(O)C(COC(=O)C=Cc3ccc(O)cc3)OC2(CO)OC2OC(CO)C(O)C(O)C2O)ccc1O. The van der Waals surface area contributed by atoms with Gasteiger partial charge in [0.2, 0.25) is 5.79 Å². The molecule has 9 atom stereocenters. The number of aromatic hydroxyl groups is 2. The lowest BCUT2D eigenvalue weighted by Gasteiger charge is -2.43. The lowest BCUT2D eigenvalue weighted by Crippen LogP contribution is -2.63. The van der Waals surface area contributed by atoms with Crippen LogP contribution in [-0.4, -0.2) is 135 Å². The lowest BCUT2D eigenvalue weighted by molar-refractivity contribution is -0.383. The Hall–Kier alpha value is -4.10. The molecular formula is C31H36O16. The van der Waals surface area contributed by atoms with Gasteiger partial charge in [0.1, 0.15) is 55.6 Å². The number of hydrogen-bond donors (Lipinski definition) is 8. The van der Waals surface area contributed by atoms with Crippen LogP contribution in [0.1, 0.15) is 11.1 Å².